The molecule has 226 valence electrons. The molecule has 4 atom stereocenters. The van der Waals surface area contributed by atoms with Gasteiger partial charge in [0, 0.05) is 0 Å². The highest BCUT2D eigenvalue weighted by atomic mass is 31.1. The van der Waals surface area contributed by atoms with Crippen LogP contribution in [0.4, 0.5) is 0 Å². The highest BCUT2D eigenvalue weighted by Gasteiger charge is 2.41. The van der Waals surface area contributed by atoms with Gasteiger partial charge in [0.25, 0.3) is 0 Å². The molecule has 0 saturated heterocycles. The van der Waals surface area contributed by atoms with Gasteiger partial charge in [-0.1, -0.05) is 73.0 Å². The second-order valence-corrected chi connectivity index (χ2v) is 17.6. The second-order valence-electron chi connectivity index (χ2n) is 12.5. The number of rotatable bonds is 9. The van der Waals surface area contributed by atoms with Crippen molar-refractivity contribution in [2.24, 2.45) is 5.92 Å². The zero-order valence-corrected chi connectivity index (χ0v) is 29.3. The van der Waals surface area contributed by atoms with Crippen LogP contribution in [-0.2, 0) is 0 Å². The summed E-state index contributed by atoms with van der Waals surface area (Å²) in [5.41, 5.74) is 8.84. The van der Waals surface area contributed by atoms with Crippen molar-refractivity contribution >= 4 is 37.1 Å². The molecule has 0 aliphatic heterocycles. The van der Waals surface area contributed by atoms with E-state index in [0.29, 0.717) is 17.2 Å². The first kappa shape index (κ1) is 31.8. The van der Waals surface area contributed by atoms with Crippen molar-refractivity contribution in [3.8, 4) is 11.5 Å². The molecule has 1 fully saturated rings. The van der Waals surface area contributed by atoms with E-state index < -0.39 is 15.8 Å². The maximum Gasteiger partial charge on any atom is 0.124 e. The average Bonchev–Trinajstić information content (AvgIpc) is 3.42. The van der Waals surface area contributed by atoms with Crippen molar-refractivity contribution in [3.63, 3.8) is 0 Å². The normalized spacial score (nSPS) is 18.1. The minimum absolute atomic E-state index is 0.515. The second kappa shape index (κ2) is 13.5. The van der Waals surface area contributed by atoms with E-state index in [1.54, 1.807) is 14.2 Å². The van der Waals surface area contributed by atoms with Gasteiger partial charge in [-0.2, -0.15) is 0 Å². The number of methoxy groups -OCH3 is 2. The van der Waals surface area contributed by atoms with Crippen LogP contribution in [0.1, 0.15) is 59.6 Å². The van der Waals surface area contributed by atoms with E-state index in [4.69, 9.17) is 9.47 Å². The van der Waals surface area contributed by atoms with E-state index >= 15 is 0 Å². The Hall–Kier alpha value is -2.66. The molecule has 4 aromatic carbocycles. The van der Waals surface area contributed by atoms with E-state index in [9.17, 15) is 0 Å². The average molecular weight is 611 g/mol. The fourth-order valence-electron chi connectivity index (χ4n) is 7.65. The molecule has 4 heteroatoms. The van der Waals surface area contributed by atoms with Gasteiger partial charge in [-0.15, -0.1) is 0 Å². The van der Waals surface area contributed by atoms with E-state index in [-0.39, 0.29) is 0 Å². The minimum Gasteiger partial charge on any atom is -0.496 e. The van der Waals surface area contributed by atoms with Gasteiger partial charge >= 0.3 is 0 Å². The zero-order chi connectivity index (χ0) is 30.8. The summed E-state index contributed by atoms with van der Waals surface area (Å²) in [6, 6.07) is 28.3. The van der Waals surface area contributed by atoms with Crippen LogP contribution in [0.5, 0.6) is 11.5 Å². The van der Waals surface area contributed by atoms with Gasteiger partial charge in [0.2, 0.25) is 0 Å². The lowest BCUT2D eigenvalue weighted by atomic mass is 10.0. The summed E-state index contributed by atoms with van der Waals surface area (Å²) in [5, 5.41) is 5.98. The van der Waals surface area contributed by atoms with Crippen LogP contribution < -0.4 is 30.7 Å². The number of hydrogen-bond donors (Lipinski definition) is 0. The standard InChI is InChI=1S/C39H48O2P2/c1-25-18-26(2)20-33(19-25)42(32-14-11-10-12-15-32)31(7)36-16-13-17-37(36)43(34-21-27(3)38(40-8)28(4)22-34)35-23-29(5)39(41-9)30(6)24-35/h10-12,14-15,18-24,31,36-37H,13,16-17H2,1-9H3/t31?,36?,37-,42?/m0/s1. The molecular weight excluding hydrogens is 562 g/mol. The third-order valence-corrected chi connectivity index (χ3v) is 15.1. The quantitative estimate of drug-likeness (QED) is 0.177. The summed E-state index contributed by atoms with van der Waals surface area (Å²) in [4.78, 5) is 0. The Balaban J connectivity index is 1.65. The molecule has 1 aliphatic rings. The molecule has 0 spiro atoms. The summed E-state index contributed by atoms with van der Waals surface area (Å²) >= 11 is 0. The van der Waals surface area contributed by atoms with Crippen molar-refractivity contribution in [1.29, 1.82) is 0 Å². The zero-order valence-electron chi connectivity index (χ0n) is 27.5. The molecule has 0 bridgehead atoms. The fraction of sp³-hybridized carbons (Fsp3) is 0.385. The van der Waals surface area contributed by atoms with Crippen LogP contribution in [0, 0.1) is 47.5 Å². The molecule has 0 amide bonds. The summed E-state index contributed by atoms with van der Waals surface area (Å²) in [6.45, 7) is 15.9. The van der Waals surface area contributed by atoms with Crippen LogP contribution in [0.2, 0.25) is 0 Å². The Morgan fingerprint density at radius 1 is 0.605 bits per heavy atom. The van der Waals surface area contributed by atoms with Crippen molar-refractivity contribution in [2.45, 2.75) is 79.0 Å². The first-order valence-electron chi connectivity index (χ1n) is 15.6. The van der Waals surface area contributed by atoms with E-state index in [2.05, 4.69) is 121 Å². The monoisotopic (exact) mass is 610 g/mol. The predicted octanol–water partition coefficient (Wildman–Crippen LogP) is 8.68. The molecule has 2 nitrogen and oxygen atoms in total. The van der Waals surface area contributed by atoms with Gasteiger partial charge in [-0.25, -0.2) is 0 Å². The minimum atomic E-state index is -0.599. The van der Waals surface area contributed by atoms with Crippen LogP contribution in [0.3, 0.4) is 0 Å². The fourth-order valence-corrected chi connectivity index (χ4v) is 14.6. The largest absolute Gasteiger partial charge is 0.496 e. The van der Waals surface area contributed by atoms with Gasteiger partial charge in [0.05, 0.1) is 14.2 Å². The van der Waals surface area contributed by atoms with Crippen LogP contribution >= 0.6 is 15.8 Å². The molecule has 4 aromatic rings. The predicted molar refractivity (Wildman–Crippen MR) is 190 cm³/mol. The Bertz CT molecular complexity index is 1450. The SMILES string of the molecule is COc1c(C)cc(P(c2cc(C)c(OC)c(C)c2)[C@H]2CCCC2C(C)P(c2ccccc2)c2cc(C)cc(C)c2)cc1C. The molecule has 1 aliphatic carbocycles. The summed E-state index contributed by atoms with van der Waals surface area (Å²) in [7, 11) is 2.47. The number of hydrogen-bond acceptors (Lipinski definition) is 2. The first-order chi connectivity index (χ1) is 20.6. The summed E-state index contributed by atoms with van der Waals surface area (Å²) in [5.74, 6) is 2.67. The third-order valence-electron chi connectivity index (χ3n) is 9.26. The number of aryl methyl sites for hydroxylation is 6. The van der Waals surface area contributed by atoms with Crippen LogP contribution in [0.15, 0.2) is 72.8 Å². The maximum atomic E-state index is 5.81. The number of ether oxygens (including phenoxy) is 2. The van der Waals surface area contributed by atoms with E-state index in [1.165, 1.54) is 73.9 Å². The summed E-state index contributed by atoms with van der Waals surface area (Å²) in [6.07, 6.45) is 3.87. The lowest BCUT2D eigenvalue weighted by Gasteiger charge is -2.38. The van der Waals surface area contributed by atoms with E-state index in [0.717, 1.165) is 11.5 Å². The molecule has 5 rings (SSSR count). The molecular formula is C39H48O2P2. The van der Waals surface area contributed by atoms with Gasteiger partial charge in [-0.05, 0) is 155 Å². The molecule has 1 saturated carbocycles. The third kappa shape index (κ3) is 6.57. The van der Waals surface area contributed by atoms with Crippen LogP contribution in [-0.4, -0.2) is 25.5 Å². The Kier molecular flexibility index (Phi) is 10.0. The molecule has 3 unspecified atom stereocenters. The van der Waals surface area contributed by atoms with Gasteiger partial charge in [0.1, 0.15) is 11.5 Å². The molecule has 0 aromatic heterocycles. The van der Waals surface area contributed by atoms with Crippen molar-refractivity contribution in [2.75, 3.05) is 14.2 Å². The van der Waals surface area contributed by atoms with Crippen molar-refractivity contribution in [3.05, 3.63) is 106 Å². The van der Waals surface area contributed by atoms with Gasteiger partial charge in [0.15, 0.2) is 0 Å². The molecule has 0 heterocycles. The number of benzene rings is 4. The Morgan fingerprint density at radius 3 is 1.56 bits per heavy atom. The smallest absolute Gasteiger partial charge is 0.124 e. The first-order valence-corrected chi connectivity index (χ1v) is 18.5. The van der Waals surface area contributed by atoms with Gasteiger partial charge in [-0.3, -0.25) is 0 Å². The van der Waals surface area contributed by atoms with E-state index in [1.807, 2.05) is 0 Å². The lowest BCUT2D eigenvalue weighted by molar-refractivity contribution is 0.408. The highest BCUT2D eigenvalue weighted by molar-refractivity contribution is 7.74. The molecule has 43 heavy (non-hydrogen) atoms. The highest BCUT2D eigenvalue weighted by Crippen LogP contribution is 2.57. The Morgan fingerprint density at radius 2 is 1.09 bits per heavy atom. The van der Waals surface area contributed by atoms with Crippen LogP contribution in [0.25, 0.3) is 0 Å². The lowest BCUT2D eigenvalue weighted by Crippen LogP contribution is -2.33. The van der Waals surface area contributed by atoms with Crippen molar-refractivity contribution in [1.82, 2.24) is 0 Å². The topological polar surface area (TPSA) is 18.5 Å². The van der Waals surface area contributed by atoms with Crippen molar-refractivity contribution < 1.29 is 9.47 Å². The summed E-state index contributed by atoms with van der Waals surface area (Å²) < 4.78 is 11.6. The van der Waals surface area contributed by atoms with Gasteiger partial charge < -0.3 is 9.47 Å². The molecule has 0 N–H and O–H groups in total. The maximum absolute atomic E-state index is 5.81. The molecule has 0 radical (unpaired) electrons. The Labute approximate surface area is 262 Å².